The molecule has 1 radical (unpaired) electrons. The largest absolute Gasteiger partial charge is 0.0877 e. The van der Waals surface area contributed by atoms with Gasteiger partial charge in [-0.1, -0.05) is 12.7 Å². The molecule has 27 valence electrons. The van der Waals surface area contributed by atoms with E-state index in [1.165, 1.54) is 6.08 Å². The molecule has 0 aliphatic carbocycles. The standard InChI is InChI=1S/C3H5.Pt/c1-3-2;/h1,3H,2H3;. The summed E-state index contributed by atoms with van der Waals surface area (Å²) >= 11 is 0. The maximum Gasteiger partial charge on any atom is 0 e. The minimum atomic E-state index is 0. The van der Waals surface area contributed by atoms with Gasteiger partial charge in [-0.2, -0.15) is 0 Å². The van der Waals surface area contributed by atoms with E-state index in [1.807, 2.05) is 0 Å². The van der Waals surface area contributed by atoms with Crippen LogP contribution in [0.25, 0.3) is 0 Å². The molecule has 0 saturated heterocycles. The van der Waals surface area contributed by atoms with Gasteiger partial charge in [0.25, 0.3) is 0 Å². The van der Waals surface area contributed by atoms with Crippen molar-refractivity contribution in [2.75, 3.05) is 0 Å². The molecule has 4 heavy (non-hydrogen) atoms. The zero-order chi connectivity index (χ0) is 2.71. The first-order chi connectivity index (χ1) is 1.41. The van der Waals surface area contributed by atoms with Crippen LogP contribution in [0.4, 0.5) is 0 Å². The molecule has 0 nitrogen and oxygen atoms in total. The fourth-order valence-electron chi connectivity index (χ4n) is 0. The normalized spacial score (nSPS) is 3.25. The van der Waals surface area contributed by atoms with Crippen LogP contribution in [0.15, 0.2) is 6.08 Å². The van der Waals surface area contributed by atoms with Gasteiger partial charge in [0.1, 0.15) is 0 Å². The molecular formula is C3H5Pt. The second kappa shape index (κ2) is 9.91. The van der Waals surface area contributed by atoms with Crippen molar-refractivity contribution in [3.63, 3.8) is 0 Å². The van der Waals surface area contributed by atoms with Crippen LogP contribution in [-0.4, -0.2) is 0 Å². The van der Waals surface area contributed by atoms with E-state index >= 15 is 0 Å². The fourth-order valence-corrected chi connectivity index (χ4v) is 0. The van der Waals surface area contributed by atoms with Gasteiger partial charge in [0.05, 0.1) is 0 Å². The van der Waals surface area contributed by atoms with Crippen molar-refractivity contribution in [3.8, 4) is 0 Å². The first-order valence-corrected chi connectivity index (χ1v) is 0.911. The van der Waals surface area contributed by atoms with E-state index in [9.17, 15) is 0 Å². The molecule has 0 atom stereocenters. The van der Waals surface area contributed by atoms with Crippen molar-refractivity contribution >= 4 is 0 Å². The smallest absolute Gasteiger partial charge is 0 e. The van der Waals surface area contributed by atoms with Gasteiger partial charge >= 0.3 is 0 Å². The van der Waals surface area contributed by atoms with Gasteiger partial charge in [0.2, 0.25) is 0 Å². The van der Waals surface area contributed by atoms with E-state index < -0.39 is 0 Å². The number of allylic oxidation sites excluding steroid dienone is 1. The van der Waals surface area contributed by atoms with Crippen molar-refractivity contribution in [2.24, 2.45) is 0 Å². The van der Waals surface area contributed by atoms with Gasteiger partial charge in [-0.15, -0.1) is 0 Å². The Balaban J connectivity index is 0. The predicted octanol–water partition coefficient (Wildman–Crippen LogP) is 0.993. The first kappa shape index (κ1) is 8.83. The molecule has 0 aromatic carbocycles. The SMILES string of the molecule is [CH]=CC.[Pt]. The van der Waals surface area contributed by atoms with Crippen LogP contribution in [0, 0.1) is 6.58 Å². The maximum atomic E-state index is 4.72. The third-order valence-electron chi connectivity index (χ3n) is 0. The van der Waals surface area contributed by atoms with Crippen LogP contribution in [0.1, 0.15) is 6.92 Å². The molecule has 0 fully saturated rings. The molecular weight excluding hydrogens is 231 g/mol. The number of rotatable bonds is 0. The molecule has 0 aliphatic heterocycles. The zero-order valence-corrected chi connectivity index (χ0v) is 4.74. The van der Waals surface area contributed by atoms with E-state index in [0.717, 1.165) is 0 Å². The third kappa shape index (κ3) is 27.0. The Morgan fingerprint density at radius 2 is 1.75 bits per heavy atom. The number of hydrogen-bond donors (Lipinski definition) is 0. The van der Waals surface area contributed by atoms with E-state index in [4.69, 9.17) is 6.58 Å². The van der Waals surface area contributed by atoms with E-state index in [-0.39, 0.29) is 21.1 Å². The van der Waals surface area contributed by atoms with Gasteiger partial charge in [-0.3, -0.25) is 0 Å². The summed E-state index contributed by atoms with van der Waals surface area (Å²) < 4.78 is 0. The Hall–Kier alpha value is 0.428. The Bertz CT molecular complexity index is 10.8. The van der Waals surface area contributed by atoms with Crippen molar-refractivity contribution in [2.45, 2.75) is 6.92 Å². The zero-order valence-electron chi connectivity index (χ0n) is 2.47. The summed E-state index contributed by atoms with van der Waals surface area (Å²) in [6, 6.07) is 0. The molecule has 0 aliphatic rings. The molecule has 0 unspecified atom stereocenters. The van der Waals surface area contributed by atoms with Crippen LogP contribution in [-0.2, 0) is 21.1 Å². The number of hydrogen-bond acceptors (Lipinski definition) is 0. The summed E-state index contributed by atoms with van der Waals surface area (Å²) in [5, 5.41) is 0. The molecule has 0 aromatic rings. The average Bonchev–Trinajstić information content (AvgIpc) is 0.918. The molecule has 0 aromatic heterocycles. The molecule has 0 N–H and O–H groups in total. The van der Waals surface area contributed by atoms with Crippen molar-refractivity contribution in [3.05, 3.63) is 12.7 Å². The maximum absolute atomic E-state index is 4.72. The Labute approximate surface area is 41.2 Å². The summed E-state index contributed by atoms with van der Waals surface area (Å²) in [6.07, 6.45) is 1.50. The Morgan fingerprint density at radius 3 is 1.75 bits per heavy atom. The molecule has 0 amide bonds. The molecule has 0 spiro atoms. The third-order valence-corrected chi connectivity index (χ3v) is 0. The van der Waals surface area contributed by atoms with Crippen LogP contribution in [0.2, 0.25) is 0 Å². The Kier molecular flexibility index (Phi) is 21.9. The summed E-state index contributed by atoms with van der Waals surface area (Å²) in [5.41, 5.74) is 0. The quantitative estimate of drug-likeness (QED) is 0.588. The van der Waals surface area contributed by atoms with Crippen molar-refractivity contribution < 1.29 is 21.1 Å². The first-order valence-electron chi connectivity index (χ1n) is 0.911. The monoisotopic (exact) mass is 236 g/mol. The average molecular weight is 236 g/mol. The van der Waals surface area contributed by atoms with Crippen molar-refractivity contribution in [1.82, 2.24) is 0 Å². The van der Waals surface area contributed by atoms with Gasteiger partial charge in [0.15, 0.2) is 0 Å². The summed E-state index contributed by atoms with van der Waals surface area (Å²) in [6.45, 7) is 6.50. The van der Waals surface area contributed by atoms with Crippen LogP contribution < -0.4 is 0 Å². The fraction of sp³-hybridized carbons (Fsp3) is 0.333. The minimum Gasteiger partial charge on any atom is -0.0877 e. The molecule has 1 heteroatoms. The molecule has 0 saturated carbocycles. The van der Waals surface area contributed by atoms with Gasteiger partial charge in [-0.05, 0) is 6.92 Å². The van der Waals surface area contributed by atoms with Crippen molar-refractivity contribution in [1.29, 1.82) is 0 Å². The second-order valence-corrected chi connectivity index (χ2v) is 0.333. The Morgan fingerprint density at radius 1 is 1.75 bits per heavy atom. The summed E-state index contributed by atoms with van der Waals surface area (Å²) in [7, 11) is 0. The molecule has 0 rings (SSSR count). The van der Waals surface area contributed by atoms with Crippen LogP contribution in [0.3, 0.4) is 0 Å². The topological polar surface area (TPSA) is 0 Å². The van der Waals surface area contributed by atoms with Gasteiger partial charge < -0.3 is 0 Å². The predicted molar refractivity (Wildman–Crippen MR) is 14.5 cm³/mol. The molecule has 0 bridgehead atoms. The minimum absolute atomic E-state index is 0. The summed E-state index contributed by atoms with van der Waals surface area (Å²) in [4.78, 5) is 0. The molecule has 0 heterocycles. The summed E-state index contributed by atoms with van der Waals surface area (Å²) in [5.74, 6) is 0. The van der Waals surface area contributed by atoms with Crippen LogP contribution in [0.5, 0.6) is 0 Å². The van der Waals surface area contributed by atoms with Gasteiger partial charge in [-0.25, -0.2) is 0 Å². The van der Waals surface area contributed by atoms with E-state index in [1.54, 1.807) is 6.92 Å². The van der Waals surface area contributed by atoms with Gasteiger partial charge in [0, 0.05) is 21.1 Å². The van der Waals surface area contributed by atoms with E-state index in [2.05, 4.69) is 0 Å². The van der Waals surface area contributed by atoms with Crippen LogP contribution >= 0.6 is 0 Å². The second-order valence-electron chi connectivity index (χ2n) is 0.333. The van der Waals surface area contributed by atoms with E-state index in [0.29, 0.717) is 0 Å².